The number of nitrogens with zero attached hydrogens (tertiary/aromatic N) is 2. The fraction of sp³-hybridized carbons (Fsp3) is 0.429. The third-order valence-electron chi connectivity index (χ3n) is 4.79. The summed E-state index contributed by atoms with van der Waals surface area (Å²) in [5.41, 5.74) is 0.347. The van der Waals surface area contributed by atoms with Crippen LogP contribution < -0.4 is 14.4 Å². The summed E-state index contributed by atoms with van der Waals surface area (Å²) >= 11 is 0. The monoisotopic (exact) mass is 417 g/mol. The van der Waals surface area contributed by atoms with Crippen molar-refractivity contribution in [3.05, 3.63) is 42.7 Å². The number of carbonyl (C=O) groups excluding carboxylic acids is 1. The second kappa shape index (κ2) is 8.02. The number of sulfonamides is 1. The molecule has 2 aromatic rings. The Morgan fingerprint density at radius 3 is 2.69 bits per heavy atom. The zero-order valence-electron chi connectivity index (χ0n) is 17.2. The number of hydrogen-bond acceptors (Lipinski definition) is 5. The van der Waals surface area contributed by atoms with Gasteiger partial charge >= 0.3 is 0 Å². The van der Waals surface area contributed by atoms with Crippen LogP contribution in [0.25, 0.3) is 0 Å². The lowest BCUT2D eigenvalue weighted by molar-refractivity contribution is -0.127. The number of aromatic nitrogens is 1. The van der Waals surface area contributed by atoms with Crippen molar-refractivity contribution in [2.24, 2.45) is 11.3 Å². The highest BCUT2D eigenvalue weighted by atomic mass is 32.2. The van der Waals surface area contributed by atoms with Gasteiger partial charge in [-0.05, 0) is 50.5 Å². The van der Waals surface area contributed by atoms with E-state index in [9.17, 15) is 13.2 Å². The molecule has 1 aromatic heterocycles. The SMILES string of the molecule is CC(C)CCN1C(=O)C(C)(C)COc2cc(NS(=O)(=O)c3cccnc3)ccc21. The van der Waals surface area contributed by atoms with E-state index in [1.54, 1.807) is 29.2 Å². The topological polar surface area (TPSA) is 88.6 Å². The number of anilines is 2. The van der Waals surface area contributed by atoms with Gasteiger partial charge in [-0.2, -0.15) is 0 Å². The molecular weight excluding hydrogens is 390 g/mol. The van der Waals surface area contributed by atoms with Crippen LogP contribution >= 0.6 is 0 Å². The Morgan fingerprint density at radius 1 is 1.28 bits per heavy atom. The molecule has 1 amide bonds. The minimum absolute atomic E-state index is 0.000547. The van der Waals surface area contributed by atoms with Gasteiger partial charge in [-0.25, -0.2) is 8.42 Å². The van der Waals surface area contributed by atoms with E-state index in [1.165, 1.54) is 18.5 Å². The molecule has 0 saturated heterocycles. The minimum Gasteiger partial charge on any atom is -0.490 e. The lowest BCUT2D eigenvalue weighted by Gasteiger charge is -2.28. The van der Waals surface area contributed by atoms with Crippen LogP contribution in [0, 0.1) is 11.3 Å². The van der Waals surface area contributed by atoms with E-state index in [2.05, 4.69) is 23.6 Å². The van der Waals surface area contributed by atoms with Gasteiger partial charge < -0.3 is 9.64 Å². The summed E-state index contributed by atoms with van der Waals surface area (Å²) in [4.78, 5) is 18.8. The van der Waals surface area contributed by atoms with Crippen molar-refractivity contribution >= 4 is 27.3 Å². The Morgan fingerprint density at radius 2 is 2.03 bits per heavy atom. The molecule has 8 heteroatoms. The molecule has 156 valence electrons. The van der Waals surface area contributed by atoms with Crippen molar-refractivity contribution in [2.75, 3.05) is 22.8 Å². The van der Waals surface area contributed by atoms with Crippen molar-refractivity contribution in [1.82, 2.24) is 4.98 Å². The van der Waals surface area contributed by atoms with Gasteiger partial charge in [0.05, 0.1) is 16.8 Å². The van der Waals surface area contributed by atoms with Gasteiger partial charge in [0.25, 0.3) is 10.0 Å². The summed E-state index contributed by atoms with van der Waals surface area (Å²) < 4.78 is 33.6. The molecule has 0 atom stereocenters. The van der Waals surface area contributed by atoms with Crippen molar-refractivity contribution in [3.8, 4) is 5.75 Å². The maximum atomic E-state index is 13.1. The van der Waals surface area contributed by atoms with Crippen LogP contribution in [0.5, 0.6) is 5.75 Å². The van der Waals surface area contributed by atoms with Gasteiger partial charge in [-0.3, -0.25) is 14.5 Å². The quantitative estimate of drug-likeness (QED) is 0.774. The highest BCUT2D eigenvalue weighted by molar-refractivity contribution is 7.92. The molecule has 3 rings (SSSR count). The van der Waals surface area contributed by atoms with Crippen molar-refractivity contribution in [2.45, 2.75) is 39.0 Å². The van der Waals surface area contributed by atoms with E-state index in [1.807, 2.05) is 13.8 Å². The molecule has 0 fully saturated rings. The normalized spacial score (nSPS) is 16.2. The van der Waals surface area contributed by atoms with Crippen molar-refractivity contribution < 1.29 is 17.9 Å². The van der Waals surface area contributed by atoms with E-state index in [4.69, 9.17) is 4.74 Å². The highest BCUT2D eigenvalue weighted by Gasteiger charge is 2.37. The Labute approximate surface area is 172 Å². The Balaban J connectivity index is 1.93. The molecule has 1 aliphatic rings. The van der Waals surface area contributed by atoms with E-state index in [0.29, 0.717) is 29.6 Å². The smallest absolute Gasteiger partial charge is 0.263 e. The molecule has 0 aliphatic carbocycles. The molecule has 2 heterocycles. The lowest BCUT2D eigenvalue weighted by Crippen LogP contribution is -2.42. The summed E-state index contributed by atoms with van der Waals surface area (Å²) in [6.45, 7) is 8.74. The number of amides is 1. The third-order valence-corrected chi connectivity index (χ3v) is 6.16. The van der Waals surface area contributed by atoms with E-state index >= 15 is 0 Å². The zero-order valence-corrected chi connectivity index (χ0v) is 18.0. The van der Waals surface area contributed by atoms with Crippen LogP contribution in [0.15, 0.2) is 47.6 Å². The minimum atomic E-state index is -3.77. The number of pyridine rings is 1. The van der Waals surface area contributed by atoms with Gasteiger partial charge in [-0.1, -0.05) is 13.8 Å². The number of nitrogens with one attached hydrogen (secondary N) is 1. The summed E-state index contributed by atoms with van der Waals surface area (Å²) in [5, 5.41) is 0. The van der Waals surface area contributed by atoms with Crippen LogP contribution in [-0.4, -0.2) is 32.5 Å². The first kappa shape index (κ1) is 21.1. The molecule has 0 unspecified atom stereocenters. The number of fused-ring (bicyclic) bond motifs is 1. The average Bonchev–Trinajstić information content (AvgIpc) is 2.76. The van der Waals surface area contributed by atoms with E-state index in [-0.39, 0.29) is 17.4 Å². The van der Waals surface area contributed by atoms with Gasteiger partial charge in [0.15, 0.2) is 0 Å². The Kier molecular flexibility index (Phi) is 5.84. The number of benzene rings is 1. The number of hydrogen-bond donors (Lipinski definition) is 1. The molecule has 0 radical (unpaired) electrons. The van der Waals surface area contributed by atoms with E-state index in [0.717, 1.165) is 6.42 Å². The van der Waals surface area contributed by atoms with Crippen molar-refractivity contribution in [3.63, 3.8) is 0 Å². The molecule has 0 bridgehead atoms. The molecule has 1 aliphatic heterocycles. The summed E-state index contributed by atoms with van der Waals surface area (Å²) in [6, 6.07) is 8.04. The van der Waals surface area contributed by atoms with E-state index < -0.39 is 15.4 Å². The van der Waals surface area contributed by atoms with Crippen molar-refractivity contribution in [1.29, 1.82) is 0 Å². The first-order valence-electron chi connectivity index (χ1n) is 9.62. The molecule has 0 saturated carbocycles. The fourth-order valence-electron chi connectivity index (χ4n) is 3.04. The van der Waals surface area contributed by atoms with Gasteiger partial charge in [0.1, 0.15) is 17.3 Å². The lowest BCUT2D eigenvalue weighted by atomic mass is 9.92. The molecule has 29 heavy (non-hydrogen) atoms. The van der Waals surface area contributed by atoms with Crippen LogP contribution in [0.3, 0.4) is 0 Å². The molecule has 7 nitrogen and oxygen atoms in total. The van der Waals surface area contributed by atoms with Crippen LogP contribution in [0.4, 0.5) is 11.4 Å². The fourth-order valence-corrected chi connectivity index (χ4v) is 4.05. The first-order chi connectivity index (χ1) is 13.6. The zero-order chi connectivity index (χ0) is 21.2. The number of ether oxygens (including phenoxy) is 1. The maximum absolute atomic E-state index is 13.1. The van der Waals surface area contributed by atoms with Crippen LogP contribution in [0.1, 0.15) is 34.1 Å². The predicted molar refractivity (Wildman–Crippen MR) is 113 cm³/mol. The predicted octanol–water partition coefficient (Wildman–Crippen LogP) is 3.68. The van der Waals surface area contributed by atoms with Crippen LogP contribution in [-0.2, 0) is 14.8 Å². The van der Waals surface area contributed by atoms with Crippen LogP contribution in [0.2, 0.25) is 0 Å². The highest BCUT2D eigenvalue weighted by Crippen LogP contribution is 2.38. The first-order valence-corrected chi connectivity index (χ1v) is 11.1. The number of carbonyl (C=O) groups is 1. The second-order valence-corrected chi connectivity index (χ2v) is 9.97. The molecular formula is C21H27N3O4S. The Bertz CT molecular complexity index is 988. The molecule has 1 N–H and O–H groups in total. The van der Waals surface area contributed by atoms with Gasteiger partial charge in [0, 0.05) is 25.0 Å². The summed E-state index contributed by atoms with van der Waals surface area (Å²) in [5.74, 6) is 0.934. The number of rotatable bonds is 6. The Hall–Kier alpha value is -2.61. The molecule has 0 spiro atoms. The third kappa shape index (κ3) is 4.70. The molecule has 1 aromatic carbocycles. The largest absolute Gasteiger partial charge is 0.490 e. The van der Waals surface area contributed by atoms with Gasteiger partial charge in [-0.15, -0.1) is 0 Å². The maximum Gasteiger partial charge on any atom is 0.263 e. The second-order valence-electron chi connectivity index (χ2n) is 8.29. The summed E-state index contributed by atoms with van der Waals surface area (Å²) in [7, 11) is -3.77. The standard InChI is InChI=1S/C21H27N3O4S/c1-15(2)9-11-24-18-8-7-16(12-19(18)28-14-21(3,4)20(24)25)23-29(26,27)17-6-5-10-22-13-17/h5-8,10,12-13,15,23H,9,11,14H2,1-4H3. The summed E-state index contributed by atoms with van der Waals surface area (Å²) in [6.07, 6.45) is 3.66. The average molecular weight is 418 g/mol. The van der Waals surface area contributed by atoms with Gasteiger partial charge in [0.2, 0.25) is 5.91 Å².